The Labute approximate surface area is 267 Å². The number of benzene rings is 6. The van der Waals surface area contributed by atoms with Crippen LogP contribution in [0.4, 0.5) is 0 Å². The molecule has 0 N–H and O–H groups in total. The van der Waals surface area contributed by atoms with Crippen molar-refractivity contribution in [2.24, 2.45) is 0 Å². The molecule has 46 heavy (non-hydrogen) atoms. The van der Waals surface area contributed by atoms with E-state index < -0.39 is 7.49 Å². The van der Waals surface area contributed by atoms with Gasteiger partial charge in [-0.1, -0.05) is 84.9 Å². The minimum atomic E-state index is -2.35. The van der Waals surface area contributed by atoms with Gasteiger partial charge in [0.2, 0.25) is 7.49 Å². The zero-order valence-corrected chi connectivity index (χ0v) is 26.1. The fraction of sp³-hybridized carbons (Fsp3) is 0.0244. The van der Waals surface area contributed by atoms with Crippen molar-refractivity contribution in [3.8, 4) is 11.3 Å². The first-order valence-electron chi connectivity index (χ1n) is 15.4. The Morgan fingerprint density at radius 3 is 1.96 bits per heavy atom. The largest absolute Gasteiger partial charge is 0.290 e. The van der Waals surface area contributed by atoms with Crippen molar-refractivity contribution in [1.82, 2.24) is 14.4 Å². The molecule has 9 aromatic rings. The standard InChI is InChI=1S/C41H29N3OP/c1-45-46(31-12-4-2-5-13-31,32-14-6-3-7-15-32)33-23-22-28-20-21-29(26-30(28)27-33)36-25-24-35-34-16-8-10-18-38(34)44-39-19-11-9-17-37(39)43-41(44)40(35)42-36/h2-27H,1H3/q+1. The summed E-state index contributed by atoms with van der Waals surface area (Å²) in [6.45, 7) is 0. The number of imidazole rings is 1. The summed E-state index contributed by atoms with van der Waals surface area (Å²) in [6.07, 6.45) is 0. The van der Waals surface area contributed by atoms with E-state index in [9.17, 15) is 0 Å². The first-order valence-corrected chi connectivity index (χ1v) is 17.1. The Morgan fingerprint density at radius 1 is 0.522 bits per heavy atom. The summed E-state index contributed by atoms with van der Waals surface area (Å²) in [5.41, 5.74) is 6.94. The smallest absolute Gasteiger partial charge is 0.241 e. The van der Waals surface area contributed by atoms with Crippen LogP contribution in [-0.4, -0.2) is 21.5 Å². The lowest BCUT2D eigenvalue weighted by atomic mass is 10.0. The second-order valence-corrected chi connectivity index (χ2v) is 14.7. The van der Waals surface area contributed by atoms with E-state index in [2.05, 4.69) is 156 Å². The normalized spacial score (nSPS) is 12.1. The van der Waals surface area contributed by atoms with Crippen LogP contribution >= 0.6 is 7.49 Å². The van der Waals surface area contributed by atoms with Crippen molar-refractivity contribution in [3.63, 3.8) is 0 Å². The predicted molar refractivity (Wildman–Crippen MR) is 194 cm³/mol. The molecule has 0 aliphatic heterocycles. The third-order valence-corrected chi connectivity index (χ3v) is 12.7. The van der Waals surface area contributed by atoms with Crippen molar-refractivity contribution in [2.45, 2.75) is 0 Å². The average Bonchev–Trinajstić information content (AvgIpc) is 3.53. The molecule has 0 aliphatic rings. The number of rotatable bonds is 5. The number of para-hydroxylation sites is 3. The molecule has 5 heteroatoms. The topological polar surface area (TPSA) is 39.4 Å². The zero-order chi connectivity index (χ0) is 30.7. The Hall–Kier alpha value is -5.41. The summed E-state index contributed by atoms with van der Waals surface area (Å²) in [7, 11) is -0.506. The monoisotopic (exact) mass is 610 g/mol. The van der Waals surface area contributed by atoms with Crippen molar-refractivity contribution >= 4 is 72.7 Å². The molecule has 0 amide bonds. The molecule has 0 bridgehead atoms. The molecule has 0 radical (unpaired) electrons. The summed E-state index contributed by atoms with van der Waals surface area (Å²) < 4.78 is 8.85. The van der Waals surface area contributed by atoms with Crippen LogP contribution in [0, 0.1) is 0 Å². The quantitative estimate of drug-likeness (QED) is 0.144. The van der Waals surface area contributed by atoms with E-state index in [4.69, 9.17) is 14.5 Å². The van der Waals surface area contributed by atoms with Crippen LogP contribution in [0.2, 0.25) is 0 Å². The van der Waals surface area contributed by atoms with Gasteiger partial charge in [0.25, 0.3) is 0 Å². The first-order chi connectivity index (χ1) is 22.7. The van der Waals surface area contributed by atoms with Gasteiger partial charge in [-0.15, -0.1) is 0 Å². The summed E-state index contributed by atoms with van der Waals surface area (Å²) >= 11 is 0. The molecular weight excluding hydrogens is 581 g/mol. The number of hydrogen-bond acceptors (Lipinski definition) is 3. The van der Waals surface area contributed by atoms with Crippen LogP contribution in [0.15, 0.2) is 158 Å². The molecule has 0 fully saturated rings. The van der Waals surface area contributed by atoms with E-state index in [1.807, 2.05) is 13.2 Å². The number of pyridine rings is 2. The van der Waals surface area contributed by atoms with E-state index in [-0.39, 0.29) is 0 Å². The lowest BCUT2D eigenvalue weighted by Crippen LogP contribution is -2.32. The van der Waals surface area contributed by atoms with Gasteiger partial charge in [0.05, 0.1) is 29.4 Å². The molecule has 0 aliphatic carbocycles. The van der Waals surface area contributed by atoms with E-state index in [0.29, 0.717) is 0 Å². The Morgan fingerprint density at radius 2 is 1.20 bits per heavy atom. The van der Waals surface area contributed by atoms with Gasteiger partial charge in [-0.05, 0) is 83.6 Å². The van der Waals surface area contributed by atoms with Gasteiger partial charge in [0.15, 0.2) is 5.65 Å². The minimum Gasteiger partial charge on any atom is -0.290 e. The van der Waals surface area contributed by atoms with Crippen LogP contribution in [0.25, 0.3) is 60.5 Å². The predicted octanol–water partition coefficient (Wildman–Crippen LogP) is 8.86. The average molecular weight is 611 g/mol. The maximum Gasteiger partial charge on any atom is 0.241 e. The lowest BCUT2D eigenvalue weighted by Gasteiger charge is -2.24. The van der Waals surface area contributed by atoms with E-state index >= 15 is 0 Å². The molecule has 6 aromatic carbocycles. The molecule has 0 saturated heterocycles. The maximum absolute atomic E-state index is 6.60. The van der Waals surface area contributed by atoms with Crippen LogP contribution in [0.1, 0.15) is 0 Å². The minimum absolute atomic E-state index is 0.875. The Bertz CT molecular complexity index is 2540. The molecule has 0 spiro atoms. The molecular formula is C41H29N3OP+. The summed E-state index contributed by atoms with van der Waals surface area (Å²) in [4.78, 5) is 10.4. The van der Waals surface area contributed by atoms with Crippen molar-refractivity contribution in [2.75, 3.05) is 7.11 Å². The second-order valence-electron chi connectivity index (χ2n) is 11.6. The molecule has 3 aromatic heterocycles. The highest BCUT2D eigenvalue weighted by atomic mass is 31.2. The van der Waals surface area contributed by atoms with Gasteiger partial charge >= 0.3 is 0 Å². The Balaban J connectivity index is 1.25. The third kappa shape index (κ3) is 4.01. The highest BCUT2D eigenvalue weighted by Crippen LogP contribution is 2.56. The van der Waals surface area contributed by atoms with Crippen molar-refractivity contribution < 1.29 is 4.52 Å². The fourth-order valence-electron chi connectivity index (χ4n) is 6.96. The van der Waals surface area contributed by atoms with Crippen LogP contribution < -0.4 is 15.9 Å². The highest BCUT2D eigenvalue weighted by Gasteiger charge is 2.47. The highest BCUT2D eigenvalue weighted by molar-refractivity contribution is 7.91. The van der Waals surface area contributed by atoms with E-state index in [0.717, 1.165) is 55.1 Å². The maximum atomic E-state index is 6.60. The molecule has 9 rings (SSSR count). The van der Waals surface area contributed by atoms with Gasteiger partial charge < -0.3 is 0 Å². The Kier molecular flexibility index (Phi) is 6.21. The number of fused-ring (bicyclic) bond motifs is 9. The van der Waals surface area contributed by atoms with Gasteiger partial charge in [0, 0.05) is 16.3 Å². The van der Waals surface area contributed by atoms with E-state index in [1.54, 1.807) is 0 Å². The number of hydrogen-bond donors (Lipinski definition) is 0. The van der Waals surface area contributed by atoms with Crippen molar-refractivity contribution in [1.29, 1.82) is 0 Å². The number of nitrogens with zero attached hydrogens (tertiary/aromatic N) is 3. The molecule has 4 nitrogen and oxygen atoms in total. The van der Waals surface area contributed by atoms with Crippen LogP contribution in [0.3, 0.4) is 0 Å². The van der Waals surface area contributed by atoms with Crippen molar-refractivity contribution in [3.05, 3.63) is 158 Å². The lowest BCUT2D eigenvalue weighted by molar-refractivity contribution is 0.466. The third-order valence-electron chi connectivity index (χ3n) is 9.10. The van der Waals surface area contributed by atoms with Crippen LogP contribution in [0.5, 0.6) is 0 Å². The van der Waals surface area contributed by atoms with Gasteiger partial charge in [-0.2, -0.15) is 0 Å². The SMILES string of the molecule is CO[P+](c1ccccc1)(c1ccccc1)c1ccc2ccc(-c3ccc4c5ccccc5n5c6ccccc6nc5c4n3)cc2c1. The fourth-order valence-corrected chi connectivity index (χ4v) is 10.3. The van der Waals surface area contributed by atoms with Gasteiger partial charge in [0.1, 0.15) is 21.4 Å². The summed E-state index contributed by atoms with van der Waals surface area (Å²) in [5.74, 6) is 0. The molecule has 0 atom stereocenters. The molecule has 3 heterocycles. The zero-order valence-electron chi connectivity index (χ0n) is 25.2. The van der Waals surface area contributed by atoms with E-state index in [1.165, 1.54) is 21.3 Å². The molecule has 218 valence electrons. The molecule has 0 unspecified atom stereocenters. The summed E-state index contributed by atoms with van der Waals surface area (Å²) in [6, 6.07) is 55.8. The second kappa shape index (κ2) is 10.6. The van der Waals surface area contributed by atoms with Gasteiger partial charge in [-0.25, -0.2) is 14.5 Å². The number of aromatic nitrogens is 3. The van der Waals surface area contributed by atoms with Crippen LogP contribution in [-0.2, 0) is 4.52 Å². The van der Waals surface area contributed by atoms with Gasteiger partial charge in [-0.3, -0.25) is 4.40 Å². The molecule has 0 saturated carbocycles. The first kappa shape index (κ1) is 26.9. The summed E-state index contributed by atoms with van der Waals surface area (Å²) in [5, 5.41) is 8.16.